The SMILES string of the molecule is CCn1c(=O)[nH]c2ncc(-c3ccc(-c4nnc[nH]4)nc3C)nc21. The fourth-order valence-electron chi connectivity index (χ4n) is 2.64. The zero-order valence-electron chi connectivity index (χ0n) is 13.1. The fourth-order valence-corrected chi connectivity index (χ4v) is 2.64. The number of fused-ring (bicyclic) bond motifs is 1. The summed E-state index contributed by atoms with van der Waals surface area (Å²) in [6, 6.07) is 3.76. The topological polar surface area (TPSA) is 118 Å². The van der Waals surface area contributed by atoms with Gasteiger partial charge in [0.05, 0.1) is 11.9 Å². The summed E-state index contributed by atoms with van der Waals surface area (Å²) in [5.74, 6) is 0.608. The largest absolute Gasteiger partial charge is 0.328 e. The van der Waals surface area contributed by atoms with E-state index >= 15 is 0 Å². The molecule has 0 aromatic carbocycles. The van der Waals surface area contributed by atoms with Crippen LogP contribution in [0.5, 0.6) is 0 Å². The first-order chi connectivity index (χ1) is 11.7. The van der Waals surface area contributed by atoms with Crippen molar-refractivity contribution in [1.29, 1.82) is 0 Å². The molecule has 4 heterocycles. The van der Waals surface area contributed by atoms with Crippen LogP contribution in [0, 0.1) is 6.92 Å². The van der Waals surface area contributed by atoms with Gasteiger partial charge in [-0.2, -0.15) is 0 Å². The van der Waals surface area contributed by atoms with Crippen molar-refractivity contribution in [2.45, 2.75) is 20.4 Å². The Morgan fingerprint density at radius 2 is 2.08 bits per heavy atom. The normalized spacial score (nSPS) is 11.2. The van der Waals surface area contributed by atoms with Gasteiger partial charge in [0, 0.05) is 17.8 Å². The Hall–Kier alpha value is -3.36. The van der Waals surface area contributed by atoms with Crippen molar-refractivity contribution >= 4 is 11.3 Å². The molecular formula is C15H14N8O. The number of hydrogen-bond acceptors (Lipinski definition) is 6. The Morgan fingerprint density at radius 1 is 1.21 bits per heavy atom. The third kappa shape index (κ3) is 2.18. The number of imidazole rings is 1. The minimum Gasteiger partial charge on any atom is -0.326 e. The summed E-state index contributed by atoms with van der Waals surface area (Å²) in [7, 11) is 0. The highest BCUT2D eigenvalue weighted by Gasteiger charge is 2.13. The quantitative estimate of drug-likeness (QED) is 0.587. The van der Waals surface area contributed by atoms with Crippen molar-refractivity contribution < 1.29 is 0 Å². The van der Waals surface area contributed by atoms with Gasteiger partial charge in [-0.25, -0.2) is 19.7 Å². The van der Waals surface area contributed by atoms with Crippen LogP contribution in [-0.2, 0) is 6.54 Å². The van der Waals surface area contributed by atoms with Crippen molar-refractivity contribution in [1.82, 2.24) is 39.7 Å². The summed E-state index contributed by atoms with van der Waals surface area (Å²) in [4.78, 5) is 30.9. The van der Waals surface area contributed by atoms with Crippen LogP contribution in [0.4, 0.5) is 0 Å². The average molecular weight is 322 g/mol. The summed E-state index contributed by atoms with van der Waals surface area (Å²) in [5.41, 5.74) is 3.82. The standard InChI is InChI=1S/C15H14N8O/c1-3-23-14-13(21-15(23)24)16-6-11(20-14)9-4-5-10(19-8(9)2)12-17-7-18-22-12/h4-7H,3H2,1-2H3,(H,16,21,24)(H,17,18,22). The minimum atomic E-state index is -0.208. The van der Waals surface area contributed by atoms with Gasteiger partial charge >= 0.3 is 5.69 Å². The molecule has 0 atom stereocenters. The van der Waals surface area contributed by atoms with Crippen LogP contribution in [0.15, 0.2) is 29.5 Å². The molecule has 120 valence electrons. The van der Waals surface area contributed by atoms with Gasteiger partial charge in [0.1, 0.15) is 12.0 Å². The highest BCUT2D eigenvalue weighted by molar-refractivity contribution is 5.72. The number of pyridine rings is 1. The van der Waals surface area contributed by atoms with Crippen LogP contribution in [0.25, 0.3) is 34.1 Å². The number of aromatic amines is 2. The van der Waals surface area contributed by atoms with Crippen LogP contribution >= 0.6 is 0 Å². The molecular weight excluding hydrogens is 308 g/mol. The number of aryl methyl sites for hydroxylation is 2. The molecule has 4 aromatic heterocycles. The van der Waals surface area contributed by atoms with Gasteiger partial charge in [-0.15, -0.1) is 10.2 Å². The van der Waals surface area contributed by atoms with Crippen LogP contribution in [-0.4, -0.2) is 39.7 Å². The van der Waals surface area contributed by atoms with Crippen molar-refractivity contribution in [2.24, 2.45) is 0 Å². The Labute approximate surface area is 135 Å². The molecule has 4 aromatic rings. The van der Waals surface area contributed by atoms with E-state index < -0.39 is 0 Å². The van der Waals surface area contributed by atoms with Gasteiger partial charge < -0.3 is 4.98 Å². The summed E-state index contributed by atoms with van der Waals surface area (Å²) >= 11 is 0. The molecule has 0 bridgehead atoms. The second-order valence-corrected chi connectivity index (χ2v) is 5.27. The van der Waals surface area contributed by atoms with E-state index in [1.807, 2.05) is 26.0 Å². The lowest BCUT2D eigenvalue weighted by atomic mass is 10.1. The minimum absolute atomic E-state index is 0.208. The Balaban J connectivity index is 1.84. The maximum Gasteiger partial charge on any atom is 0.328 e. The smallest absolute Gasteiger partial charge is 0.326 e. The molecule has 0 aliphatic heterocycles. The van der Waals surface area contributed by atoms with Crippen LogP contribution < -0.4 is 5.69 Å². The molecule has 0 unspecified atom stereocenters. The predicted octanol–water partition coefficient (Wildman–Crippen LogP) is 1.30. The predicted molar refractivity (Wildman–Crippen MR) is 87.2 cm³/mol. The first-order valence-electron chi connectivity index (χ1n) is 7.47. The molecule has 0 fully saturated rings. The zero-order chi connectivity index (χ0) is 16.7. The van der Waals surface area contributed by atoms with E-state index in [0.717, 1.165) is 11.3 Å². The van der Waals surface area contributed by atoms with E-state index in [1.165, 1.54) is 6.33 Å². The fraction of sp³-hybridized carbons (Fsp3) is 0.200. The number of nitrogens with one attached hydrogen (secondary N) is 2. The Bertz CT molecular complexity index is 1080. The lowest BCUT2D eigenvalue weighted by molar-refractivity contribution is 0.746. The highest BCUT2D eigenvalue weighted by atomic mass is 16.1. The van der Waals surface area contributed by atoms with Crippen molar-refractivity contribution in [3.8, 4) is 22.8 Å². The first-order valence-corrected chi connectivity index (χ1v) is 7.47. The molecule has 0 amide bonds. The lowest BCUT2D eigenvalue weighted by Crippen LogP contribution is -2.15. The van der Waals surface area contributed by atoms with E-state index in [1.54, 1.807) is 10.8 Å². The van der Waals surface area contributed by atoms with Gasteiger partial charge in [-0.3, -0.25) is 9.55 Å². The number of aromatic nitrogens is 8. The second-order valence-electron chi connectivity index (χ2n) is 5.27. The monoisotopic (exact) mass is 322 g/mol. The van der Waals surface area contributed by atoms with E-state index in [0.29, 0.717) is 35.1 Å². The first kappa shape index (κ1) is 14.2. The molecule has 0 saturated heterocycles. The number of nitrogens with zero attached hydrogens (tertiary/aromatic N) is 6. The van der Waals surface area contributed by atoms with Crippen molar-refractivity contribution in [3.63, 3.8) is 0 Å². The lowest BCUT2D eigenvalue weighted by Gasteiger charge is -2.06. The molecule has 0 aliphatic rings. The molecule has 4 rings (SSSR count). The second kappa shape index (κ2) is 5.37. The van der Waals surface area contributed by atoms with Crippen LogP contribution in [0.1, 0.15) is 12.6 Å². The molecule has 9 heteroatoms. The number of rotatable bonds is 3. The van der Waals surface area contributed by atoms with Gasteiger partial charge in [0.15, 0.2) is 17.1 Å². The van der Waals surface area contributed by atoms with Gasteiger partial charge in [-0.1, -0.05) is 0 Å². The van der Waals surface area contributed by atoms with Gasteiger partial charge in [0.25, 0.3) is 0 Å². The van der Waals surface area contributed by atoms with Crippen molar-refractivity contribution in [3.05, 3.63) is 40.8 Å². The van der Waals surface area contributed by atoms with E-state index in [2.05, 4.69) is 35.1 Å². The third-order valence-electron chi connectivity index (χ3n) is 3.82. The maximum atomic E-state index is 11.9. The molecule has 0 saturated carbocycles. The van der Waals surface area contributed by atoms with Gasteiger partial charge in [-0.05, 0) is 26.0 Å². The number of hydrogen-bond donors (Lipinski definition) is 2. The highest BCUT2D eigenvalue weighted by Crippen LogP contribution is 2.23. The van der Waals surface area contributed by atoms with E-state index in [-0.39, 0.29) is 5.69 Å². The zero-order valence-corrected chi connectivity index (χ0v) is 13.1. The third-order valence-corrected chi connectivity index (χ3v) is 3.82. The molecule has 0 spiro atoms. The number of H-pyrrole nitrogens is 2. The van der Waals surface area contributed by atoms with Crippen LogP contribution in [0.3, 0.4) is 0 Å². The summed E-state index contributed by atoms with van der Waals surface area (Å²) in [5, 5.41) is 7.72. The molecule has 24 heavy (non-hydrogen) atoms. The van der Waals surface area contributed by atoms with Gasteiger partial charge in [0.2, 0.25) is 0 Å². The average Bonchev–Trinajstić information content (AvgIpc) is 3.21. The van der Waals surface area contributed by atoms with E-state index in [9.17, 15) is 4.79 Å². The summed E-state index contributed by atoms with van der Waals surface area (Å²) < 4.78 is 1.55. The Morgan fingerprint density at radius 3 is 2.79 bits per heavy atom. The van der Waals surface area contributed by atoms with Crippen LogP contribution in [0.2, 0.25) is 0 Å². The van der Waals surface area contributed by atoms with E-state index in [4.69, 9.17) is 0 Å². The molecule has 0 radical (unpaired) electrons. The summed E-state index contributed by atoms with van der Waals surface area (Å²) in [6.45, 7) is 4.31. The molecule has 2 N–H and O–H groups in total. The molecule has 0 aliphatic carbocycles. The maximum absolute atomic E-state index is 11.9. The Kier molecular flexibility index (Phi) is 3.19. The summed E-state index contributed by atoms with van der Waals surface area (Å²) in [6.07, 6.45) is 3.14. The molecule has 9 nitrogen and oxygen atoms in total. The van der Waals surface area contributed by atoms with Crippen molar-refractivity contribution in [2.75, 3.05) is 0 Å².